The summed E-state index contributed by atoms with van der Waals surface area (Å²) in [6, 6.07) is 14.1. The summed E-state index contributed by atoms with van der Waals surface area (Å²) in [5.74, 6) is 0.448. The lowest BCUT2D eigenvalue weighted by atomic mass is 10.2. The Hall–Kier alpha value is -2.37. The first-order chi connectivity index (χ1) is 10.6. The second kappa shape index (κ2) is 5.79. The van der Waals surface area contributed by atoms with E-state index >= 15 is 0 Å². The van der Waals surface area contributed by atoms with Crippen molar-refractivity contribution in [3.8, 4) is 0 Å². The lowest BCUT2D eigenvalue weighted by Gasteiger charge is -2.17. The molecule has 1 heterocycles. The molecular formula is C16H15ClN4O. The molecule has 0 aliphatic carbocycles. The number of benzene rings is 2. The summed E-state index contributed by atoms with van der Waals surface area (Å²) in [7, 11) is 0. The highest BCUT2D eigenvalue weighted by Crippen LogP contribution is 2.20. The second-order valence-electron chi connectivity index (χ2n) is 5.01. The van der Waals surface area contributed by atoms with Crippen molar-refractivity contribution in [3.05, 3.63) is 69.7 Å². The molecule has 0 amide bonds. The number of hydrogen-bond acceptors (Lipinski definition) is 4. The van der Waals surface area contributed by atoms with Crippen molar-refractivity contribution in [2.45, 2.75) is 13.0 Å². The fourth-order valence-corrected chi connectivity index (χ4v) is 2.51. The van der Waals surface area contributed by atoms with E-state index in [0.717, 1.165) is 5.69 Å². The summed E-state index contributed by atoms with van der Waals surface area (Å²) >= 11 is 6.16. The van der Waals surface area contributed by atoms with Crippen molar-refractivity contribution in [1.29, 1.82) is 0 Å². The van der Waals surface area contributed by atoms with Gasteiger partial charge in [0.2, 0.25) is 0 Å². The van der Waals surface area contributed by atoms with E-state index in [4.69, 9.17) is 17.3 Å². The van der Waals surface area contributed by atoms with Crippen molar-refractivity contribution in [3.63, 3.8) is 0 Å². The summed E-state index contributed by atoms with van der Waals surface area (Å²) < 4.78 is 1.36. The van der Waals surface area contributed by atoms with E-state index in [0.29, 0.717) is 21.7 Å². The highest BCUT2D eigenvalue weighted by molar-refractivity contribution is 6.35. The molecule has 1 unspecified atom stereocenters. The quantitative estimate of drug-likeness (QED) is 0.779. The summed E-state index contributed by atoms with van der Waals surface area (Å²) in [6.45, 7) is 1.78. The van der Waals surface area contributed by atoms with Crippen molar-refractivity contribution in [2.75, 3.05) is 5.43 Å². The fraction of sp³-hybridized carbons (Fsp3) is 0.125. The minimum atomic E-state index is -0.410. The van der Waals surface area contributed by atoms with Crippen LogP contribution in [0.3, 0.4) is 0 Å². The van der Waals surface area contributed by atoms with Gasteiger partial charge in [-0.25, -0.2) is 9.66 Å². The average Bonchev–Trinajstić information content (AvgIpc) is 2.50. The minimum Gasteiger partial charge on any atom is -0.322 e. The fourth-order valence-electron chi connectivity index (χ4n) is 2.26. The Morgan fingerprint density at radius 1 is 1.18 bits per heavy atom. The Labute approximate surface area is 132 Å². The minimum absolute atomic E-state index is 0.272. The van der Waals surface area contributed by atoms with E-state index in [2.05, 4.69) is 10.4 Å². The number of nitrogens with zero attached hydrogens (tertiary/aromatic N) is 2. The Bertz CT molecular complexity index is 874. The maximum absolute atomic E-state index is 12.8. The van der Waals surface area contributed by atoms with Gasteiger partial charge in [0, 0.05) is 0 Å². The number of nitrogens with two attached hydrogens (primary N) is 1. The van der Waals surface area contributed by atoms with Crippen LogP contribution in [0.5, 0.6) is 0 Å². The number of nitrogens with one attached hydrogen (secondary N) is 1. The average molecular weight is 315 g/mol. The Balaban J connectivity index is 2.27. The van der Waals surface area contributed by atoms with Crippen molar-refractivity contribution >= 4 is 28.2 Å². The molecule has 3 rings (SSSR count). The molecule has 0 spiro atoms. The van der Waals surface area contributed by atoms with Gasteiger partial charge in [0.05, 0.1) is 27.7 Å². The number of hydrogen-bond donors (Lipinski definition) is 2. The number of fused-ring (bicyclic) bond motifs is 1. The third-order valence-electron chi connectivity index (χ3n) is 3.29. The first kappa shape index (κ1) is 14.6. The monoisotopic (exact) mass is 314 g/mol. The molecule has 3 N–H and O–H groups in total. The van der Waals surface area contributed by atoms with Crippen LogP contribution in [0.4, 0.5) is 5.69 Å². The van der Waals surface area contributed by atoms with Crippen LogP contribution >= 0.6 is 11.6 Å². The summed E-state index contributed by atoms with van der Waals surface area (Å²) in [4.78, 5) is 17.3. The maximum Gasteiger partial charge on any atom is 0.281 e. The molecule has 0 radical (unpaired) electrons. The SMILES string of the molecule is CC(N)c1nc2cccc(Cl)c2c(=O)n1Nc1ccccc1. The van der Waals surface area contributed by atoms with Gasteiger partial charge in [0.1, 0.15) is 5.82 Å². The standard InChI is InChI=1S/C16H15ClN4O/c1-10(18)15-19-13-9-5-8-12(17)14(13)16(22)21(15)20-11-6-3-2-4-7-11/h2-10,20H,18H2,1H3. The van der Waals surface area contributed by atoms with Crippen LogP contribution in [0, 0.1) is 0 Å². The number of rotatable bonds is 3. The van der Waals surface area contributed by atoms with Gasteiger partial charge in [0.25, 0.3) is 5.56 Å². The highest BCUT2D eigenvalue weighted by Gasteiger charge is 2.16. The zero-order valence-electron chi connectivity index (χ0n) is 12.0. The summed E-state index contributed by atoms with van der Waals surface area (Å²) in [5.41, 5.74) is 10.0. The lowest BCUT2D eigenvalue weighted by Crippen LogP contribution is -2.33. The van der Waals surface area contributed by atoms with Gasteiger partial charge >= 0.3 is 0 Å². The van der Waals surface area contributed by atoms with E-state index in [1.54, 1.807) is 25.1 Å². The largest absolute Gasteiger partial charge is 0.322 e. The topological polar surface area (TPSA) is 72.9 Å². The van der Waals surface area contributed by atoms with Crippen molar-refractivity contribution in [2.24, 2.45) is 5.73 Å². The van der Waals surface area contributed by atoms with Crippen LogP contribution in [-0.2, 0) is 0 Å². The molecule has 2 aromatic carbocycles. The highest BCUT2D eigenvalue weighted by atomic mass is 35.5. The zero-order chi connectivity index (χ0) is 15.7. The van der Waals surface area contributed by atoms with Crippen LogP contribution < -0.4 is 16.7 Å². The molecule has 0 saturated carbocycles. The molecule has 112 valence electrons. The molecule has 0 saturated heterocycles. The Morgan fingerprint density at radius 2 is 1.91 bits per heavy atom. The van der Waals surface area contributed by atoms with E-state index in [1.807, 2.05) is 30.3 Å². The predicted molar refractivity (Wildman–Crippen MR) is 89.1 cm³/mol. The van der Waals surface area contributed by atoms with Crippen molar-refractivity contribution in [1.82, 2.24) is 9.66 Å². The molecule has 1 atom stereocenters. The third kappa shape index (κ3) is 2.56. The Morgan fingerprint density at radius 3 is 2.59 bits per heavy atom. The molecule has 3 aromatic rings. The van der Waals surface area contributed by atoms with E-state index in [9.17, 15) is 4.79 Å². The number of anilines is 1. The van der Waals surface area contributed by atoms with Gasteiger partial charge in [-0.15, -0.1) is 0 Å². The van der Waals surface area contributed by atoms with Crippen LogP contribution in [0.2, 0.25) is 5.02 Å². The van der Waals surface area contributed by atoms with Crippen LogP contribution in [0.1, 0.15) is 18.8 Å². The van der Waals surface area contributed by atoms with Gasteiger partial charge in [-0.3, -0.25) is 10.2 Å². The summed E-state index contributed by atoms with van der Waals surface area (Å²) in [6.07, 6.45) is 0. The maximum atomic E-state index is 12.8. The van der Waals surface area contributed by atoms with Gasteiger partial charge in [-0.05, 0) is 31.2 Å². The van der Waals surface area contributed by atoms with Crippen LogP contribution in [-0.4, -0.2) is 9.66 Å². The third-order valence-corrected chi connectivity index (χ3v) is 3.61. The van der Waals surface area contributed by atoms with Gasteiger partial charge in [-0.2, -0.15) is 0 Å². The molecule has 0 aliphatic heterocycles. The molecule has 22 heavy (non-hydrogen) atoms. The molecule has 0 fully saturated rings. The smallest absolute Gasteiger partial charge is 0.281 e. The number of aromatic nitrogens is 2. The van der Waals surface area contributed by atoms with E-state index in [1.165, 1.54) is 4.68 Å². The van der Waals surface area contributed by atoms with Crippen LogP contribution in [0.25, 0.3) is 10.9 Å². The normalized spacial score (nSPS) is 12.3. The van der Waals surface area contributed by atoms with Gasteiger partial charge in [0.15, 0.2) is 0 Å². The van der Waals surface area contributed by atoms with Crippen LogP contribution in [0.15, 0.2) is 53.3 Å². The molecule has 0 aliphatic rings. The van der Waals surface area contributed by atoms with E-state index < -0.39 is 6.04 Å². The first-order valence-electron chi connectivity index (χ1n) is 6.87. The molecule has 6 heteroatoms. The molecular weight excluding hydrogens is 300 g/mol. The first-order valence-corrected chi connectivity index (χ1v) is 7.24. The van der Waals surface area contributed by atoms with E-state index in [-0.39, 0.29) is 5.56 Å². The lowest BCUT2D eigenvalue weighted by molar-refractivity contribution is 0.671. The Kier molecular flexibility index (Phi) is 3.83. The van der Waals surface area contributed by atoms with Crippen molar-refractivity contribution < 1.29 is 0 Å². The zero-order valence-corrected chi connectivity index (χ0v) is 12.7. The van der Waals surface area contributed by atoms with Gasteiger partial charge in [-0.1, -0.05) is 35.9 Å². The molecule has 0 bridgehead atoms. The summed E-state index contributed by atoms with van der Waals surface area (Å²) in [5, 5.41) is 0.742. The predicted octanol–water partition coefficient (Wildman–Crippen LogP) is 2.94. The molecule has 1 aromatic heterocycles. The second-order valence-corrected chi connectivity index (χ2v) is 5.42. The molecule has 5 nitrogen and oxygen atoms in total. The number of para-hydroxylation sites is 1. The number of halogens is 1. The van der Waals surface area contributed by atoms with Gasteiger partial charge < -0.3 is 5.73 Å².